The molecule has 42 heavy (non-hydrogen) atoms. The highest BCUT2D eigenvalue weighted by Crippen LogP contribution is 2.45. The van der Waals surface area contributed by atoms with E-state index in [1.807, 2.05) is 33.8 Å². The average Bonchev–Trinajstić information content (AvgIpc) is 3.10. The fourth-order valence-corrected chi connectivity index (χ4v) is 6.37. The fraction of sp³-hybridized carbons (Fsp3) is 0.690. The summed E-state index contributed by atoms with van der Waals surface area (Å²) in [5.74, 6) is 1.29. The van der Waals surface area contributed by atoms with Crippen molar-refractivity contribution in [2.45, 2.75) is 58.7 Å². The molecule has 0 radical (unpaired) electrons. The van der Waals surface area contributed by atoms with E-state index in [1.165, 1.54) is 0 Å². The fourth-order valence-electron chi connectivity index (χ4n) is 5.96. The van der Waals surface area contributed by atoms with Crippen molar-refractivity contribution in [2.75, 3.05) is 75.8 Å². The molecule has 0 saturated carbocycles. The van der Waals surface area contributed by atoms with Gasteiger partial charge in [0.1, 0.15) is 16.9 Å². The van der Waals surface area contributed by atoms with Gasteiger partial charge in [-0.1, -0.05) is 0 Å². The number of piperidine rings is 1. The van der Waals surface area contributed by atoms with Crippen molar-refractivity contribution in [3.63, 3.8) is 0 Å². The van der Waals surface area contributed by atoms with Crippen molar-refractivity contribution in [3.8, 4) is 5.75 Å². The van der Waals surface area contributed by atoms with Crippen molar-refractivity contribution in [2.24, 2.45) is 5.41 Å². The number of benzene rings is 1. The number of alkyl halides is 3. The van der Waals surface area contributed by atoms with Crippen LogP contribution in [0.5, 0.6) is 5.75 Å². The first-order valence-corrected chi connectivity index (χ1v) is 15.3. The van der Waals surface area contributed by atoms with Crippen molar-refractivity contribution in [1.29, 1.82) is 0 Å². The minimum Gasteiger partial charge on any atom is -0.481 e. The molecule has 3 fully saturated rings. The van der Waals surface area contributed by atoms with E-state index in [4.69, 9.17) is 19.4 Å². The SMILES string of the molecule is Cc1cc2c(N3CCC4(CC3)CN(C(=O)OC(C)(C)C)C4)nc(N3CCCN(C)CC3)nc2c(OCC(F)(F)F)c1Br. The van der Waals surface area contributed by atoms with E-state index in [0.29, 0.717) is 53.3 Å². The van der Waals surface area contributed by atoms with Gasteiger partial charge in [0.15, 0.2) is 12.4 Å². The molecule has 3 aliphatic rings. The number of rotatable bonds is 4. The molecule has 4 heterocycles. The quantitative estimate of drug-likeness (QED) is 0.420. The largest absolute Gasteiger partial charge is 0.481 e. The predicted molar refractivity (Wildman–Crippen MR) is 160 cm³/mol. The number of aromatic nitrogens is 2. The zero-order valence-electron chi connectivity index (χ0n) is 25.0. The number of carbonyl (C=O) groups excluding carboxylic acids is 1. The number of halogens is 4. The summed E-state index contributed by atoms with van der Waals surface area (Å²) >= 11 is 3.47. The molecule has 2 aromatic rings. The third-order valence-corrected chi connectivity index (χ3v) is 9.23. The number of likely N-dealkylation sites (N-methyl/N-ethyl adjacent to an activating group) is 1. The van der Waals surface area contributed by atoms with Crippen molar-refractivity contribution >= 4 is 44.7 Å². The molecule has 0 bridgehead atoms. The van der Waals surface area contributed by atoms with Gasteiger partial charge in [-0.2, -0.15) is 18.2 Å². The number of ether oxygens (including phenoxy) is 2. The van der Waals surface area contributed by atoms with Gasteiger partial charge in [-0.25, -0.2) is 9.78 Å². The highest BCUT2D eigenvalue weighted by Gasteiger charge is 2.48. The van der Waals surface area contributed by atoms with E-state index < -0.39 is 18.4 Å². The van der Waals surface area contributed by atoms with E-state index in [1.54, 1.807) is 4.90 Å². The van der Waals surface area contributed by atoms with Crippen molar-refractivity contribution in [3.05, 3.63) is 16.1 Å². The van der Waals surface area contributed by atoms with Crippen LogP contribution in [-0.4, -0.2) is 104 Å². The first-order valence-electron chi connectivity index (χ1n) is 14.5. The molecule has 13 heteroatoms. The van der Waals surface area contributed by atoms with Crippen LogP contribution in [0.2, 0.25) is 0 Å². The lowest BCUT2D eigenvalue weighted by Crippen LogP contribution is -2.62. The molecule has 5 rings (SSSR count). The highest BCUT2D eigenvalue weighted by atomic mass is 79.9. The molecule has 0 N–H and O–H groups in total. The second-order valence-corrected chi connectivity index (χ2v) is 13.7. The Morgan fingerprint density at radius 1 is 1.02 bits per heavy atom. The second-order valence-electron chi connectivity index (χ2n) is 13.0. The Kier molecular flexibility index (Phi) is 8.47. The number of hydrogen-bond acceptors (Lipinski definition) is 8. The number of likely N-dealkylation sites (tertiary alicyclic amines) is 1. The summed E-state index contributed by atoms with van der Waals surface area (Å²) in [7, 11) is 2.08. The molecular weight excluding hydrogens is 617 g/mol. The maximum absolute atomic E-state index is 13.2. The van der Waals surface area contributed by atoms with E-state index in [9.17, 15) is 18.0 Å². The Morgan fingerprint density at radius 3 is 2.36 bits per heavy atom. The molecule has 232 valence electrons. The van der Waals surface area contributed by atoms with Gasteiger partial charge in [-0.15, -0.1) is 0 Å². The van der Waals surface area contributed by atoms with Crippen LogP contribution >= 0.6 is 15.9 Å². The van der Waals surface area contributed by atoms with Crippen LogP contribution in [0.25, 0.3) is 10.9 Å². The molecule has 1 aromatic heterocycles. The number of anilines is 2. The molecule has 1 aromatic carbocycles. The Bertz CT molecular complexity index is 1320. The van der Waals surface area contributed by atoms with Gasteiger partial charge in [0.05, 0.1) is 4.47 Å². The Labute approximate surface area is 253 Å². The molecular formula is C29H40BrF3N6O3. The lowest BCUT2D eigenvalue weighted by Gasteiger charge is -2.53. The molecule has 1 amide bonds. The summed E-state index contributed by atoms with van der Waals surface area (Å²) in [6.07, 6.45) is -2.09. The van der Waals surface area contributed by atoms with Crippen LogP contribution in [0, 0.1) is 12.3 Å². The first-order chi connectivity index (χ1) is 19.6. The van der Waals surface area contributed by atoms with Crippen LogP contribution in [0.15, 0.2) is 10.5 Å². The average molecular weight is 658 g/mol. The Balaban J connectivity index is 1.45. The van der Waals surface area contributed by atoms with Crippen LogP contribution in [-0.2, 0) is 4.74 Å². The number of amides is 1. The maximum atomic E-state index is 13.2. The second kappa shape index (κ2) is 11.5. The molecule has 3 aliphatic heterocycles. The first kappa shape index (κ1) is 30.9. The van der Waals surface area contributed by atoms with Crippen molar-refractivity contribution in [1.82, 2.24) is 19.8 Å². The minimum atomic E-state index is -4.49. The third-order valence-electron chi connectivity index (χ3n) is 8.25. The lowest BCUT2D eigenvalue weighted by atomic mass is 9.72. The highest BCUT2D eigenvalue weighted by molar-refractivity contribution is 9.10. The number of fused-ring (bicyclic) bond motifs is 1. The monoisotopic (exact) mass is 656 g/mol. The van der Waals surface area contributed by atoms with Crippen LogP contribution in [0.4, 0.5) is 29.7 Å². The van der Waals surface area contributed by atoms with E-state index in [0.717, 1.165) is 51.0 Å². The number of nitrogens with zero attached hydrogens (tertiary/aromatic N) is 6. The Hall–Kier alpha value is -2.54. The zero-order valence-corrected chi connectivity index (χ0v) is 26.6. The topological polar surface area (TPSA) is 74.3 Å². The smallest absolute Gasteiger partial charge is 0.422 e. The summed E-state index contributed by atoms with van der Waals surface area (Å²) in [4.78, 5) is 30.7. The standard InChI is InChI=1S/C29H40BrF3N6O3/c1-19-15-20-22(23(21(19)30)41-18-29(31,32)33)34-25(38-10-6-9-36(5)13-14-38)35-24(20)37-11-7-28(8-12-37)16-39(17-28)26(40)42-27(2,3)4/h15H,6-14,16-18H2,1-5H3. The molecule has 1 spiro atoms. The van der Waals surface area contributed by atoms with Crippen LogP contribution < -0.4 is 14.5 Å². The summed E-state index contributed by atoms with van der Waals surface area (Å²) < 4.78 is 51.1. The minimum absolute atomic E-state index is 0.0361. The molecule has 0 unspecified atom stereocenters. The van der Waals surface area contributed by atoms with E-state index >= 15 is 0 Å². The van der Waals surface area contributed by atoms with Crippen LogP contribution in [0.1, 0.15) is 45.6 Å². The van der Waals surface area contributed by atoms with Gasteiger partial charge in [0.25, 0.3) is 0 Å². The van der Waals surface area contributed by atoms with Gasteiger partial charge in [-0.3, -0.25) is 0 Å². The van der Waals surface area contributed by atoms with Gasteiger partial charge in [-0.05, 0) is 88.1 Å². The van der Waals surface area contributed by atoms with Gasteiger partial charge < -0.3 is 29.1 Å². The van der Waals surface area contributed by atoms with Gasteiger partial charge in [0, 0.05) is 56.6 Å². The summed E-state index contributed by atoms with van der Waals surface area (Å²) in [5.41, 5.74) is 0.616. The van der Waals surface area contributed by atoms with Gasteiger partial charge in [0.2, 0.25) is 5.95 Å². The predicted octanol–water partition coefficient (Wildman–Crippen LogP) is 5.62. The maximum Gasteiger partial charge on any atom is 0.422 e. The number of hydrogen-bond donors (Lipinski definition) is 0. The normalized spacial score (nSPS) is 20.1. The number of carbonyl (C=O) groups is 1. The van der Waals surface area contributed by atoms with Gasteiger partial charge >= 0.3 is 12.3 Å². The molecule has 0 atom stereocenters. The summed E-state index contributed by atoms with van der Waals surface area (Å²) in [5, 5.41) is 0.670. The van der Waals surface area contributed by atoms with Crippen molar-refractivity contribution < 1.29 is 27.4 Å². The molecule has 3 saturated heterocycles. The molecule has 9 nitrogen and oxygen atoms in total. The summed E-state index contributed by atoms with van der Waals surface area (Å²) in [6, 6.07) is 1.92. The van der Waals surface area contributed by atoms with E-state index in [-0.39, 0.29) is 17.3 Å². The Morgan fingerprint density at radius 2 is 1.71 bits per heavy atom. The molecule has 0 aliphatic carbocycles. The van der Waals surface area contributed by atoms with Crippen LogP contribution in [0.3, 0.4) is 0 Å². The van der Waals surface area contributed by atoms with E-state index in [2.05, 4.69) is 37.7 Å². The zero-order chi connectivity index (χ0) is 30.4. The third kappa shape index (κ3) is 6.82. The number of aryl methyl sites for hydroxylation is 1. The summed E-state index contributed by atoms with van der Waals surface area (Å²) in [6.45, 7) is 12.0. The lowest BCUT2D eigenvalue weighted by molar-refractivity contribution is -0.153.